The predicted octanol–water partition coefficient (Wildman–Crippen LogP) is 4.25. The van der Waals surface area contributed by atoms with Gasteiger partial charge in [0.2, 0.25) is 0 Å². The van der Waals surface area contributed by atoms with Crippen molar-refractivity contribution >= 4 is 28.7 Å². The van der Waals surface area contributed by atoms with Gasteiger partial charge in [-0.15, -0.1) is 0 Å². The van der Waals surface area contributed by atoms with Crippen LogP contribution in [-0.2, 0) is 0 Å². The van der Waals surface area contributed by atoms with E-state index in [0.29, 0.717) is 10.7 Å². The van der Waals surface area contributed by atoms with Crippen LogP contribution in [0.5, 0.6) is 0 Å². The molecule has 3 N–H and O–H groups in total. The Hall–Kier alpha value is -1.81. The quantitative estimate of drug-likeness (QED) is 0.799. The normalized spacial score (nSPS) is 10.4. The Kier molecular flexibility index (Phi) is 3.39. The van der Waals surface area contributed by atoms with Crippen molar-refractivity contribution in [1.29, 1.82) is 0 Å². The molecule has 18 heavy (non-hydrogen) atoms. The van der Waals surface area contributed by atoms with E-state index in [-0.39, 0.29) is 11.4 Å². The number of hydrogen-bond donors (Lipinski definition) is 2. The van der Waals surface area contributed by atoms with Crippen LogP contribution in [0.2, 0.25) is 5.02 Å². The van der Waals surface area contributed by atoms with E-state index in [1.807, 2.05) is 13.0 Å². The first-order valence-electron chi connectivity index (χ1n) is 5.26. The molecular weight excluding hydrogens is 258 g/mol. The molecule has 94 valence electrons. The van der Waals surface area contributed by atoms with Gasteiger partial charge in [0.1, 0.15) is 5.69 Å². The van der Waals surface area contributed by atoms with E-state index in [4.69, 9.17) is 17.3 Å². The monoisotopic (exact) mass is 268 g/mol. The molecule has 0 amide bonds. The van der Waals surface area contributed by atoms with E-state index < -0.39 is 11.6 Å². The summed E-state index contributed by atoms with van der Waals surface area (Å²) in [6, 6.07) is 7.52. The molecule has 0 aliphatic heterocycles. The van der Waals surface area contributed by atoms with Gasteiger partial charge >= 0.3 is 0 Å². The Balaban J connectivity index is 2.50. The lowest BCUT2D eigenvalue weighted by atomic mass is 10.1. The van der Waals surface area contributed by atoms with Crippen LogP contribution < -0.4 is 11.1 Å². The van der Waals surface area contributed by atoms with Crippen LogP contribution in [-0.4, -0.2) is 0 Å². The molecule has 0 bridgehead atoms. The fraction of sp³-hybridized carbons (Fsp3) is 0.0769. The van der Waals surface area contributed by atoms with Gasteiger partial charge in [0.05, 0.1) is 16.4 Å². The van der Waals surface area contributed by atoms with Gasteiger partial charge in [0, 0.05) is 0 Å². The summed E-state index contributed by atoms with van der Waals surface area (Å²) in [4.78, 5) is 0. The Morgan fingerprint density at radius 1 is 1.11 bits per heavy atom. The molecule has 5 heteroatoms. The molecule has 0 atom stereocenters. The summed E-state index contributed by atoms with van der Waals surface area (Å²) in [5.41, 5.74) is 6.96. The van der Waals surface area contributed by atoms with Gasteiger partial charge in [-0.25, -0.2) is 8.78 Å². The number of nitrogens with one attached hydrogen (secondary N) is 1. The predicted molar refractivity (Wildman–Crippen MR) is 70.2 cm³/mol. The van der Waals surface area contributed by atoms with Crippen molar-refractivity contribution in [2.45, 2.75) is 6.92 Å². The van der Waals surface area contributed by atoms with Crippen molar-refractivity contribution in [1.82, 2.24) is 0 Å². The molecule has 0 radical (unpaired) electrons. The number of rotatable bonds is 2. The van der Waals surface area contributed by atoms with E-state index in [2.05, 4.69) is 5.32 Å². The van der Waals surface area contributed by atoms with Crippen LogP contribution in [0, 0.1) is 18.6 Å². The van der Waals surface area contributed by atoms with Crippen molar-refractivity contribution in [3.05, 3.63) is 52.6 Å². The standard InChI is InChI=1S/C13H11ClF2N2/c1-7-3-2-4-8(14)12(7)18-13-10(17)6-5-9(15)11(13)16/h2-6,18H,17H2,1H3. The van der Waals surface area contributed by atoms with E-state index in [9.17, 15) is 8.78 Å². The van der Waals surface area contributed by atoms with Crippen molar-refractivity contribution in [2.75, 3.05) is 11.1 Å². The Labute approximate surface area is 108 Å². The van der Waals surface area contributed by atoms with Gasteiger partial charge in [-0.05, 0) is 30.7 Å². The summed E-state index contributed by atoms with van der Waals surface area (Å²) >= 11 is 6.00. The fourth-order valence-corrected chi connectivity index (χ4v) is 1.88. The fourth-order valence-electron chi connectivity index (χ4n) is 1.61. The number of halogens is 3. The van der Waals surface area contributed by atoms with E-state index in [1.54, 1.807) is 12.1 Å². The first kappa shape index (κ1) is 12.6. The lowest BCUT2D eigenvalue weighted by Crippen LogP contribution is -2.03. The lowest BCUT2D eigenvalue weighted by molar-refractivity contribution is 0.512. The highest BCUT2D eigenvalue weighted by molar-refractivity contribution is 6.33. The average molecular weight is 269 g/mol. The smallest absolute Gasteiger partial charge is 0.184 e. The number of hydrogen-bond acceptors (Lipinski definition) is 2. The van der Waals surface area contributed by atoms with Crippen molar-refractivity contribution in [2.24, 2.45) is 0 Å². The average Bonchev–Trinajstić information content (AvgIpc) is 2.33. The van der Waals surface area contributed by atoms with Gasteiger partial charge in [-0.1, -0.05) is 23.7 Å². The van der Waals surface area contributed by atoms with Gasteiger partial charge < -0.3 is 11.1 Å². The van der Waals surface area contributed by atoms with E-state index in [0.717, 1.165) is 11.6 Å². The van der Waals surface area contributed by atoms with Crippen LogP contribution in [0.25, 0.3) is 0 Å². The van der Waals surface area contributed by atoms with E-state index >= 15 is 0 Å². The summed E-state index contributed by atoms with van der Waals surface area (Å²) in [5.74, 6) is -1.98. The maximum atomic E-state index is 13.7. The maximum Gasteiger partial charge on any atom is 0.184 e. The minimum Gasteiger partial charge on any atom is -0.397 e. The van der Waals surface area contributed by atoms with Gasteiger partial charge in [0.25, 0.3) is 0 Å². The largest absolute Gasteiger partial charge is 0.397 e. The molecule has 2 aromatic rings. The Morgan fingerprint density at radius 3 is 2.50 bits per heavy atom. The molecule has 0 aromatic heterocycles. The number of nitrogen functional groups attached to an aromatic ring is 1. The summed E-state index contributed by atoms with van der Waals surface area (Å²) in [6.07, 6.45) is 0. The molecule has 0 saturated carbocycles. The molecule has 0 aliphatic rings. The second-order valence-corrected chi connectivity index (χ2v) is 4.29. The zero-order valence-corrected chi connectivity index (χ0v) is 10.4. The zero-order chi connectivity index (χ0) is 13.3. The van der Waals surface area contributed by atoms with Crippen LogP contribution >= 0.6 is 11.6 Å². The maximum absolute atomic E-state index is 13.7. The minimum atomic E-state index is -1.02. The van der Waals surface area contributed by atoms with Crippen LogP contribution in [0.3, 0.4) is 0 Å². The molecular formula is C13H11ClF2N2. The van der Waals surface area contributed by atoms with Crippen LogP contribution in [0.1, 0.15) is 5.56 Å². The third kappa shape index (κ3) is 2.24. The third-order valence-corrected chi connectivity index (χ3v) is 2.91. The molecule has 0 fully saturated rings. The second-order valence-electron chi connectivity index (χ2n) is 3.88. The van der Waals surface area contributed by atoms with Crippen molar-refractivity contribution < 1.29 is 8.78 Å². The molecule has 0 unspecified atom stereocenters. The molecule has 0 spiro atoms. The molecule has 2 aromatic carbocycles. The summed E-state index contributed by atoms with van der Waals surface area (Å²) < 4.78 is 26.8. The number of nitrogens with two attached hydrogens (primary N) is 1. The molecule has 0 aliphatic carbocycles. The Morgan fingerprint density at radius 2 is 1.83 bits per heavy atom. The van der Waals surface area contributed by atoms with Gasteiger partial charge in [0.15, 0.2) is 11.6 Å². The number of benzene rings is 2. The highest BCUT2D eigenvalue weighted by Gasteiger charge is 2.14. The first-order chi connectivity index (χ1) is 8.50. The number of aryl methyl sites for hydroxylation is 1. The molecule has 2 rings (SSSR count). The summed E-state index contributed by atoms with van der Waals surface area (Å²) in [7, 11) is 0. The molecule has 2 nitrogen and oxygen atoms in total. The summed E-state index contributed by atoms with van der Waals surface area (Å²) in [5, 5.41) is 3.16. The molecule has 0 heterocycles. The topological polar surface area (TPSA) is 38.0 Å². The SMILES string of the molecule is Cc1cccc(Cl)c1Nc1c(N)ccc(F)c1F. The van der Waals surface area contributed by atoms with E-state index in [1.165, 1.54) is 6.07 Å². The Bertz CT molecular complexity index is 580. The van der Waals surface area contributed by atoms with Crippen LogP contribution in [0.15, 0.2) is 30.3 Å². The highest BCUT2D eigenvalue weighted by Crippen LogP contribution is 2.33. The molecule has 0 saturated heterocycles. The summed E-state index contributed by atoms with van der Waals surface area (Å²) in [6.45, 7) is 1.81. The second kappa shape index (κ2) is 4.82. The first-order valence-corrected chi connectivity index (χ1v) is 5.64. The third-order valence-electron chi connectivity index (χ3n) is 2.60. The van der Waals surface area contributed by atoms with Crippen molar-refractivity contribution in [3.8, 4) is 0 Å². The minimum absolute atomic E-state index is 0.105. The highest BCUT2D eigenvalue weighted by atomic mass is 35.5. The van der Waals surface area contributed by atoms with Crippen LogP contribution in [0.4, 0.5) is 25.8 Å². The van der Waals surface area contributed by atoms with Gasteiger partial charge in [-0.2, -0.15) is 0 Å². The number of anilines is 3. The van der Waals surface area contributed by atoms with Crippen molar-refractivity contribution in [3.63, 3.8) is 0 Å². The van der Waals surface area contributed by atoms with Gasteiger partial charge in [-0.3, -0.25) is 0 Å². The number of para-hydroxylation sites is 1. The zero-order valence-electron chi connectivity index (χ0n) is 9.60. The lowest BCUT2D eigenvalue weighted by Gasteiger charge is -2.14.